The lowest BCUT2D eigenvalue weighted by molar-refractivity contribution is 0.206. The van der Waals surface area contributed by atoms with Crippen molar-refractivity contribution >= 4 is 29.3 Å². The summed E-state index contributed by atoms with van der Waals surface area (Å²) in [4.78, 5) is 21.2. The molecule has 1 atom stereocenters. The van der Waals surface area contributed by atoms with Crippen LogP contribution in [-0.2, 0) is 0 Å². The van der Waals surface area contributed by atoms with Crippen molar-refractivity contribution in [1.29, 1.82) is 0 Å². The van der Waals surface area contributed by atoms with Crippen LogP contribution in [0.5, 0.6) is 0 Å². The highest BCUT2D eigenvalue weighted by atomic mass is 35.5. The number of nitrogens with one attached hydrogen (secondary N) is 2. The Morgan fingerprint density at radius 2 is 2.21 bits per heavy atom. The molecule has 7 nitrogen and oxygen atoms in total. The van der Waals surface area contributed by atoms with Crippen LogP contribution in [0, 0.1) is 6.92 Å². The van der Waals surface area contributed by atoms with Gasteiger partial charge in [0.2, 0.25) is 0 Å². The lowest BCUT2D eigenvalue weighted by Crippen LogP contribution is -2.44. The van der Waals surface area contributed by atoms with Gasteiger partial charge >= 0.3 is 6.03 Å². The average molecular weight is 405 g/mol. The minimum absolute atomic E-state index is 0.0668. The minimum atomic E-state index is -0.530. The van der Waals surface area contributed by atoms with Crippen molar-refractivity contribution in [3.05, 3.63) is 39.9 Å². The lowest BCUT2D eigenvalue weighted by Gasteiger charge is -2.30. The molecule has 0 spiro atoms. The number of aliphatic imine (C=N–C) groups is 1. The van der Waals surface area contributed by atoms with Crippen molar-refractivity contribution in [2.45, 2.75) is 25.8 Å². The molecule has 0 aromatic heterocycles. The van der Waals surface area contributed by atoms with Crippen LogP contribution in [0.15, 0.2) is 28.8 Å². The Labute approximate surface area is 171 Å². The van der Waals surface area contributed by atoms with Gasteiger partial charge in [-0.3, -0.25) is 0 Å². The van der Waals surface area contributed by atoms with E-state index in [0.29, 0.717) is 30.6 Å². The number of fused-ring (bicyclic) bond motifs is 1. The van der Waals surface area contributed by atoms with Gasteiger partial charge in [-0.2, -0.15) is 0 Å². The maximum Gasteiger partial charge on any atom is 0.317 e. The van der Waals surface area contributed by atoms with Crippen molar-refractivity contribution in [3.63, 3.8) is 0 Å². The summed E-state index contributed by atoms with van der Waals surface area (Å²) in [6, 6.07) is 5.71. The van der Waals surface area contributed by atoms with Gasteiger partial charge in [-0.1, -0.05) is 17.7 Å². The fraction of sp³-hybridized carbons (Fsp3) is 0.500. The third-order valence-electron chi connectivity index (χ3n) is 5.22. The molecule has 1 saturated heterocycles. The molecular formula is C20H29ClN6O. The van der Waals surface area contributed by atoms with E-state index >= 15 is 0 Å². The molecule has 1 aromatic rings. The maximum atomic E-state index is 12.7. The summed E-state index contributed by atoms with van der Waals surface area (Å²) < 4.78 is 0. The molecule has 1 unspecified atom stereocenters. The van der Waals surface area contributed by atoms with Gasteiger partial charge in [-0.05, 0) is 58.6 Å². The first-order chi connectivity index (χ1) is 13.2. The minimum Gasteiger partial charge on any atom is -0.370 e. The van der Waals surface area contributed by atoms with Gasteiger partial charge in [0, 0.05) is 29.2 Å². The van der Waals surface area contributed by atoms with Crippen molar-refractivity contribution in [3.8, 4) is 0 Å². The summed E-state index contributed by atoms with van der Waals surface area (Å²) in [6.45, 7) is 6.64. The summed E-state index contributed by atoms with van der Waals surface area (Å²) in [5.74, 6) is 0.365. The Hall–Kier alpha value is -2.25. The molecule has 152 valence electrons. The van der Waals surface area contributed by atoms with E-state index in [1.807, 2.05) is 46.1 Å². The molecule has 2 aliphatic rings. The SMILES string of the molecule is Cc1cc(Cl)ccc1C1=C2CN(C(=O)NCCCN(C)C)CC2(C)N=C(N)N1. The molecule has 8 heteroatoms. The molecule has 0 saturated carbocycles. The zero-order valence-corrected chi connectivity index (χ0v) is 17.7. The summed E-state index contributed by atoms with van der Waals surface area (Å²) in [5.41, 5.74) is 9.62. The number of halogens is 1. The zero-order chi connectivity index (χ0) is 20.5. The Balaban J connectivity index is 1.82. The Kier molecular flexibility index (Phi) is 5.86. The van der Waals surface area contributed by atoms with Gasteiger partial charge in [-0.25, -0.2) is 9.79 Å². The number of amides is 2. The highest BCUT2D eigenvalue weighted by Crippen LogP contribution is 2.38. The summed E-state index contributed by atoms with van der Waals surface area (Å²) in [7, 11) is 4.05. The van der Waals surface area contributed by atoms with Crippen LogP contribution in [0.3, 0.4) is 0 Å². The molecule has 2 amide bonds. The van der Waals surface area contributed by atoms with E-state index in [9.17, 15) is 4.79 Å². The molecule has 0 radical (unpaired) electrons. The number of guanidine groups is 1. The normalized spacial score (nSPS) is 21.5. The molecular weight excluding hydrogens is 376 g/mol. The second-order valence-electron chi connectivity index (χ2n) is 7.95. The summed E-state index contributed by atoms with van der Waals surface area (Å²) in [6.07, 6.45) is 0.911. The zero-order valence-electron chi connectivity index (χ0n) is 17.0. The molecule has 2 heterocycles. The van der Waals surface area contributed by atoms with Gasteiger partial charge < -0.3 is 26.2 Å². The molecule has 4 N–H and O–H groups in total. The van der Waals surface area contributed by atoms with Crippen LogP contribution in [0.25, 0.3) is 5.70 Å². The Morgan fingerprint density at radius 1 is 1.46 bits per heavy atom. The maximum absolute atomic E-state index is 12.7. The third kappa shape index (κ3) is 4.25. The van der Waals surface area contributed by atoms with Gasteiger partial charge in [0.1, 0.15) is 5.54 Å². The monoisotopic (exact) mass is 404 g/mol. The van der Waals surface area contributed by atoms with Crippen molar-refractivity contribution in [2.24, 2.45) is 10.7 Å². The first kappa shape index (κ1) is 20.5. The highest BCUT2D eigenvalue weighted by Gasteiger charge is 2.44. The predicted molar refractivity (Wildman–Crippen MR) is 114 cm³/mol. The highest BCUT2D eigenvalue weighted by molar-refractivity contribution is 6.30. The van der Waals surface area contributed by atoms with Crippen LogP contribution in [0.4, 0.5) is 4.79 Å². The van der Waals surface area contributed by atoms with Crippen molar-refractivity contribution in [1.82, 2.24) is 20.4 Å². The predicted octanol–water partition coefficient (Wildman–Crippen LogP) is 2.01. The van der Waals surface area contributed by atoms with Gasteiger partial charge in [-0.15, -0.1) is 0 Å². The third-order valence-corrected chi connectivity index (χ3v) is 5.46. The Bertz CT molecular complexity index is 834. The molecule has 0 bridgehead atoms. The first-order valence-electron chi connectivity index (χ1n) is 9.49. The molecule has 2 aliphatic heterocycles. The van der Waals surface area contributed by atoms with E-state index in [1.165, 1.54) is 0 Å². The smallest absolute Gasteiger partial charge is 0.317 e. The Morgan fingerprint density at radius 3 is 2.89 bits per heavy atom. The summed E-state index contributed by atoms with van der Waals surface area (Å²) in [5, 5.41) is 6.92. The number of carbonyl (C=O) groups excluding carboxylic acids is 1. The number of hydrogen-bond donors (Lipinski definition) is 3. The largest absolute Gasteiger partial charge is 0.370 e. The van der Waals surface area contributed by atoms with Crippen LogP contribution in [0.1, 0.15) is 24.5 Å². The molecule has 0 aliphatic carbocycles. The van der Waals surface area contributed by atoms with Gasteiger partial charge in [0.25, 0.3) is 0 Å². The fourth-order valence-corrected chi connectivity index (χ4v) is 4.04. The standard InChI is InChI=1S/C20H29ClN6O/c1-13-10-14(21)6-7-15(13)17-16-11-27(12-20(16,2)25-18(22)24-17)19(28)23-8-5-9-26(3)4/h6-7,10H,5,8-9,11-12H2,1-4H3,(H,23,28)(H3,22,24,25). The number of hydrogen-bond acceptors (Lipinski definition) is 5. The van der Waals surface area contributed by atoms with Crippen LogP contribution in [0.2, 0.25) is 5.02 Å². The number of nitrogens with two attached hydrogens (primary N) is 1. The molecule has 1 fully saturated rings. The van der Waals surface area contributed by atoms with Crippen LogP contribution >= 0.6 is 11.6 Å². The molecule has 3 rings (SSSR count). The van der Waals surface area contributed by atoms with Crippen molar-refractivity contribution < 1.29 is 4.79 Å². The van der Waals surface area contributed by atoms with Crippen LogP contribution in [-0.4, -0.2) is 67.6 Å². The first-order valence-corrected chi connectivity index (χ1v) is 9.87. The van der Waals surface area contributed by atoms with E-state index in [4.69, 9.17) is 17.3 Å². The molecule has 1 aromatic carbocycles. The topological polar surface area (TPSA) is 86.0 Å². The van der Waals surface area contributed by atoms with E-state index in [1.54, 1.807) is 4.90 Å². The quantitative estimate of drug-likeness (QED) is 0.655. The van der Waals surface area contributed by atoms with Crippen LogP contribution < -0.4 is 16.4 Å². The molecule has 28 heavy (non-hydrogen) atoms. The lowest BCUT2D eigenvalue weighted by atomic mass is 9.89. The number of aryl methyl sites for hydroxylation is 1. The second-order valence-corrected chi connectivity index (χ2v) is 8.39. The van der Waals surface area contributed by atoms with Crippen molar-refractivity contribution in [2.75, 3.05) is 40.3 Å². The van der Waals surface area contributed by atoms with E-state index < -0.39 is 5.54 Å². The summed E-state index contributed by atoms with van der Waals surface area (Å²) >= 11 is 6.12. The number of nitrogens with zero attached hydrogens (tertiary/aromatic N) is 3. The van der Waals surface area contributed by atoms with Gasteiger partial charge in [0.15, 0.2) is 5.96 Å². The van der Waals surface area contributed by atoms with E-state index in [0.717, 1.165) is 35.4 Å². The fourth-order valence-electron chi connectivity index (χ4n) is 3.82. The number of rotatable bonds is 5. The number of likely N-dealkylation sites (tertiary alicyclic amines) is 1. The second kappa shape index (κ2) is 8.01. The number of urea groups is 1. The number of carbonyl (C=O) groups is 1. The van der Waals surface area contributed by atoms with Gasteiger partial charge in [0.05, 0.1) is 12.2 Å². The average Bonchev–Trinajstić information content (AvgIpc) is 2.95. The van der Waals surface area contributed by atoms with E-state index in [-0.39, 0.29) is 6.03 Å². The number of benzene rings is 1. The van der Waals surface area contributed by atoms with E-state index in [2.05, 4.69) is 20.5 Å².